The zero-order chi connectivity index (χ0) is 12.1. The lowest BCUT2D eigenvalue weighted by atomic mass is 10.1. The largest absolute Gasteiger partial charge is 0.313 e. The van der Waals surface area contributed by atoms with Crippen molar-refractivity contribution in [3.05, 3.63) is 35.4 Å². The maximum atomic E-state index is 3.60. The van der Waals surface area contributed by atoms with Crippen molar-refractivity contribution in [3.8, 4) is 0 Å². The smallest absolute Gasteiger partial charge is 0.0241 e. The van der Waals surface area contributed by atoms with Crippen LogP contribution in [0.2, 0.25) is 0 Å². The average molecular weight is 232 g/mol. The molecule has 0 saturated carbocycles. The molecule has 1 heterocycles. The van der Waals surface area contributed by atoms with Gasteiger partial charge in [0.2, 0.25) is 0 Å². The van der Waals surface area contributed by atoms with Gasteiger partial charge in [-0.25, -0.2) is 0 Å². The topological polar surface area (TPSA) is 15.3 Å². The van der Waals surface area contributed by atoms with Crippen molar-refractivity contribution >= 4 is 0 Å². The standard InChI is InChI=1S/C15H24N2/c1-3-6-13(2)16-9-10-17-11-14-7-4-5-8-15(14)12-17/h4-5,7-8,13,16H,3,6,9-12H2,1-2H3. The molecule has 17 heavy (non-hydrogen) atoms. The molecule has 1 aromatic rings. The lowest BCUT2D eigenvalue weighted by Gasteiger charge is -2.18. The van der Waals surface area contributed by atoms with E-state index in [0.717, 1.165) is 26.2 Å². The van der Waals surface area contributed by atoms with Gasteiger partial charge in [-0.3, -0.25) is 4.90 Å². The van der Waals surface area contributed by atoms with Gasteiger partial charge in [-0.2, -0.15) is 0 Å². The fourth-order valence-corrected chi connectivity index (χ4v) is 2.57. The summed E-state index contributed by atoms with van der Waals surface area (Å²) in [4.78, 5) is 2.52. The van der Waals surface area contributed by atoms with Gasteiger partial charge in [0.25, 0.3) is 0 Å². The van der Waals surface area contributed by atoms with Crippen molar-refractivity contribution in [2.24, 2.45) is 0 Å². The zero-order valence-corrected chi connectivity index (χ0v) is 11.1. The first-order valence-electron chi connectivity index (χ1n) is 6.82. The summed E-state index contributed by atoms with van der Waals surface area (Å²) in [6.07, 6.45) is 2.55. The van der Waals surface area contributed by atoms with Crippen LogP contribution in [0.1, 0.15) is 37.8 Å². The predicted octanol–water partition coefficient (Wildman–Crippen LogP) is 2.78. The van der Waals surface area contributed by atoms with E-state index < -0.39 is 0 Å². The summed E-state index contributed by atoms with van der Waals surface area (Å²) in [6.45, 7) is 9.04. The van der Waals surface area contributed by atoms with Crippen molar-refractivity contribution in [1.29, 1.82) is 0 Å². The molecule has 0 saturated heterocycles. The fourth-order valence-electron chi connectivity index (χ4n) is 2.57. The van der Waals surface area contributed by atoms with Gasteiger partial charge >= 0.3 is 0 Å². The molecule has 1 aromatic carbocycles. The third kappa shape index (κ3) is 3.55. The summed E-state index contributed by atoms with van der Waals surface area (Å²) in [5, 5.41) is 3.60. The molecule has 1 N–H and O–H groups in total. The van der Waals surface area contributed by atoms with Gasteiger partial charge in [0.1, 0.15) is 0 Å². The van der Waals surface area contributed by atoms with Gasteiger partial charge in [0.05, 0.1) is 0 Å². The van der Waals surface area contributed by atoms with Crippen LogP contribution in [0.15, 0.2) is 24.3 Å². The van der Waals surface area contributed by atoms with Gasteiger partial charge < -0.3 is 5.32 Å². The van der Waals surface area contributed by atoms with Crippen LogP contribution >= 0.6 is 0 Å². The van der Waals surface area contributed by atoms with Gasteiger partial charge in [0, 0.05) is 32.2 Å². The molecule has 0 spiro atoms. The highest BCUT2D eigenvalue weighted by Crippen LogP contribution is 2.21. The Kier molecular flexibility index (Phi) is 4.57. The Morgan fingerprint density at radius 1 is 1.24 bits per heavy atom. The first-order chi connectivity index (χ1) is 8.29. The van der Waals surface area contributed by atoms with Gasteiger partial charge in [0.15, 0.2) is 0 Å². The minimum atomic E-state index is 0.657. The Balaban J connectivity index is 1.70. The number of rotatable bonds is 6. The van der Waals surface area contributed by atoms with Crippen LogP contribution < -0.4 is 5.32 Å². The van der Waals surface area contributed by atoms with Crippen LogP contribution in [0.4, 0.5) is 0 Å². The quantitative estimate of drug-likeness (QED) is 0.811. The van der Waals surface area contributed by atoms with Crippen molar-refractivity contribution in [3.63, 3.8) is 0 Å². The summed E-state index contributed by atoms with van der Waals surface area (Å²) >= 11 is 0. The second-order valence-corrected chi connectivity index (χ2v) is 5.12. The molecule has 0 radical (unpaired) electrons. The molecule has 1 atom stereocenters. The summed E-state index contributed by atoms with van der Waals surface area (Å²) in [6, 6.07) is 9.45. The number of hydrogen-bond donors (Lipinski definition) is 1. The third-order valence-corrected chi connectivity index (χ3v) is 3.55. The van der Waals surface area contributed by atoms with Crippen LogP contribution in [0, 0.1) is 0 Å². The van der Waals surface area contributed by atoms with Crippen LogP contribution in [0.3, 0.4) is 0 Å². The minimum absolute atomic E-state index is 0.657. The Bertz CT molecular complexity index is 324. The minimum Gasteiger partial charge on any atom is -0.313 e. The number of fused-ring (bicyclic) bond motifs is 1. The molecular weight excluding hydrogens is 208 g/mol. The van der Waals surface area contributed by atoms with Gasteiger partial charge in [-0.05, 0) is 24.5 Å². The van der Waals surface area contributed by atoms with E-state index in [-0.39, 0.29) is 0 Å². The maximum Gasteiger partial charge on any atom is 0.0241 e. The second kappa shape index (κ2) is 6.18. The second-order valence-electron chi connectivity index (χ2n) is 5.12. The Morgan fingerprint density at radius 3 is 2.47 bits per heavy atom. The lowest BCUT2D eigenvalue weighted by Crippen LogP contribution is -2.33. The van der Waals surface area contributed by atoms with E-state index in [4.69, 9.17) is 0 Å². The molecule has 0 bridgehead atoms. The van der Waals surface area contributed by atoms with Crippen molar-refractivity contribution in [2.45, 2.75) is 45.8 Å². The summed E-state index contributed by atoms with van der Waals surface area (Å²) in [5.41, 5.74) is 3.02. The normalized spacial score (nSPS) is 17.1. The van der Waals surface area contributed by atoms with Crippen LogP contribution in [-0.4, -0.2) is 24.0 Å². The first kappa shape index (κ1) is 12.6. The molecule has 94 valence electrons. The molecule has 2 rings (SSSR count). The molecule has 0 aromatic heterocycles. The van der Waals surface area contributed by atoms with E-state index in [9.17, 15) is 0 Å². The van der Waals surface area contributed by atoms with E-state index in [1.165, 1.54) is 24.0 Å². The van der Waals surface area contributed by atoms with Crippen LogP contribution in [-0.2, 0) is 13.1 Å². The molecule has 1 unspecified atom stereocenters. The van der Waals surface area contributed by atoms with Gasteiger partial charge in [-0.15, -0.1) is 0 Å². The lowest BCUT2D eigenvalue weighted by molar-refractivity contribution is 0.278. The molecular formula is C15H24N2. The molecule has 1 aliphatic heterocycles. The van der Waals surface area contributed by atoms with Crippen LogP contribution in [0.25, 0.3) is 0 Å². The van der Waals surface area contributed by atoms with E-state index in [2.05, 4.69) is 48.3 Å². The predicted molar refractivity (Wildman–Crippen MR) is 72.9 cm³/mol. The monoisotopic (exact) mass is 232 g/mol. The summed E-state index contributed by atoms with van der Waals surface area (Å²) in [5.74, 6) is 0. The number of nitrogens with zero attached hydrogens (tertiary/aromatic N) is 1. The van der Waals surface area contributed by atoms with E-state index in [0.29, 0.717) is 6.04 Å². The first-order valence-corrected chi connectivity index (χ1v) is 6.82. The fraction of sp³-hybridized carbons (Fsp3) is 0.600. The average Bonchev–Trinajstić information content (AvgIpc) is 2.71. The molecule has 2 heteroatoms. The number of benzene rings is 1. The summed E-state index contributed by atoms with van der Waals surface area (Å²) in [7, 11) is 0. The van der Waals surface area contributed by atoms with Crippen molar-refractivity contribution < 1.29 is 0 Å². The van der Waals surface area contributed by atoms with Crippen molar-refractivity contribution in [2.75, 3.05) is 13.1 Å². The highest BCUT2D eigenvalue weighted by atomic mass is 15.2. The number of nitrogens with one attached hydrogen (secondary N) is 1. The zero-order valence-electron chi connectivity index (χ0n) is 11.1. The van der Waals surface area contributed by atoms with Crippen LogP contribution in [0.5, 0.6) is 0 Å². The SMILES string of the molecule is CCCC(C)NCCN1Cc2ccccc2C1. The summed E-state index contributed by atoms with van der Waals surface area (Å²) < 4.78 is 0. The molecule has 0 aliphatic carbocycles. The molecule has 0 amide bonds. The molecule has 1 aliphatic rings. The Hall–Kier alpha value is -0.860. The molecule has 2 nitrogen and oxygen atoms in total. The molecule has 0 fully saturated rings. The van der Waals surface area contributed by atoms with Crippen molar-refractivity contribution in [1.82, 2.24) is 10.2 Å². The van der Waals surface area contributed by atoms with E-state index in [1.807, 2.05) is 0 Å². The Morgan fingerprint density at radius 2 is 1.88 bits per heavy atom. The van der Waals surface area contributed by atoms with E-state index >= 15 is 0 Å². The van der Waals surface area contributed by atoms with Gasteiger partial charge in [-0.1, -0.05) is 37.6 Å². The van der Waals surface area contributed by atoms with E-state index in [1.54, 1.807) is 0 Å². The highest BCUT2D eigenvalue weighted by molar-refractivity contribution is 5.30. The highest BCUT2D eigenvalue weighted by Gasteiger charge is 2.17. The Labute approximate surface area is 105 Å². The maximum absolute atomic E-state index is 3.60. The number of hydrogen-bond acceptors (Lipinski definition) is 2. The third-order valence-electron chi connectivity index (χ3n) is 3.55.